The van der Waals surface area contributed by atoms with Gasteiger partial charge in [0.2, 0.25) is 0 Å². The van der Waals surface area contributed by atoms with E-state index in [9.17, 15) is 0 Å². The normalized spacial score (nSPS) is 20.0. The van der Waals surface area contributed by atoms with E-state index in [1.165, 1.54) is 38.0 Å². The molecule has 3 nitrogen and oxygen atoms in total. The zero-order valence-electron chi connectivity index (χ0n) is 12.4. The lowest BCUT2D eigenvalue weighted by Gasteiger charge is -2.16. The third kappa shape index (κ3) is 4.59. The molecule has 1 aromatic heterocycles. The Morgan fingerprint density at radius 3 is 2.95 bits per heavy atom. The Labute approximate surface area is 117 Å². The molecule has 0 spiro atoms. The molecular formula is C16H27N3. The summed E-state index contributed by atoms with van der Waals surface area (Å²) < 4.78 is 0. The molecule has 1 unspecified atom stereocenters. The van der Waals surface area contributed by atoms with E-state index in [-0.39, 0.29) is 0 Å². The highest BCUT2D eigenvalue weighted by atomic mass is 15.1. The number of likely N-dealkylation sites (tertiary alicyclic amines) is 1. The number of nitrogens with zero attached hydrogens (tertiary/aromatic N) is 2. The lowest BCUT2D eigenvalue weighted by Crippen LogP contribution is -2.21. The molecule has 2 heterocycles. The van der Waals surface area contributed by atoms with Gasteiger partial charge in [0.25, 0.3) is 0 Å². The van der Waals surface area contributed by atoms with Gasteiger partial charge in [-0.05, 0) is 44.0 Å². The second-order valence-corrected chi connectivity index (χ2v) is 5.58. The second kappa shape index (κ2) is 7.61. The van der Waals surface area contributed by atoms with Gasteiger partial charge in [-0.3, -0.25) is 9.88 Å². The molecule has 19 heavy (non-hydrogen) atoms. The minimum atomic E-state index is 0.878. The molecule has 1 N–H and O–H groups in total. The molecule has 0 saturated carbocycles. The van der Waals surface area contributed by atoms with Gasteiger partial charge in [0.05, 0.1) is 11.4 Å². The van der Waals surface area contributed by atoms with Gasteiger partial charge >= 0.3 is 0 Å². The van der Waals surface area contributed by atoms with Crippen molar-refractivity contribution in [3.05, 3.63) is 29.6 Å². The van der Waals surface area contributed by atoms with Crippen LogP contribution in [0.15, 0.2) is 18.2 Å². The quantitative estimate of drug-likeness (QED) is 0.818. The van der Waals surface area contributed by atoms with Crippen molar-refractivity contribution in [1.82, 2.24) is 15.2 Å². The third-order valence-corrected chi connectivity index (χ3v) is 3.87. The lowest BCUT2D eigenvalue weighted by atomic mass is 10.0. The lowest BCUT2D eigenvalue weighted by molar-refractivity contribution is 0.309. The number of aromatic nitrogens is 1. The maximum absolute atomic E-state index is 4.74. The summed E-state index contributed by atoms with van der Waals surface area (Å²) in [6.07, 6.45) is 4.06. The Morgan fingerprint density at radius 2 is 2.16 bits per heavy atom. The summed E-state index contributed by atoms with van der Waals surface area (Å²) in [6.45, 7) is 9.80. The van der Waals surface area contributed by atoms with Crippen molar-refractivity contribution in [3.8, 4) is 0 Å². The number of hydrogen-bond donors (Lipinski definition) is 1. The summed E-state index contributed by atoms with van der Waals surface area (Å²) in [5.74, 6) is 0.912. The molecule has 1 aromatic rings. The predicted molar refractivity (Wildman–Crippen MR) is 79.9 cm³/mol. The Morgan fingerprint density at radius 1 is 1.32 bits per heavy atom. The number of rotatable bonds is 7. The van der Waals surface area contributed by atoms with Gasteiger partial charge in [0.15, 0.2) is 0 Å². The first-order chi connectivity index (χ1) is 9.31. The average Bonchev–Trinajstić information content (AvgIpc) is 2.85. The summed E-state index contributed by atoms with van der Waals surface area (Å²) in [5, 5.41) is 3.33. The van der Waals surface area contributed by atoms with E-state index in [1.54, 1.807) is 0 Å². The highest BCUT2D eigenvalue weighted by Crippen LogP contribution is 2.22. The maximum atomic E-state index is 4.74. The molecule has 106 valence electrons. The summed E-state index contributed by atoms with van der Waals surface area (Å²) in [5.41, 5.74) is 2.37. The fraction of sp³-hybridized carbons (Fsp3) is 0.688. The van der Waals surface area contributed by atoms with Crippen molar-refractivity contribution in [2.75, 3.05) is 19.6 Å². The van der Waals surface area contributed by atoms with E-state index in [0.717, 1.165) is 31.2 Å². The molecule has 3 heteroatoms. The molecule has 0 radical (unpaired) electrons. The monoisotopic (exact) mass is 261 g/mol. The largest absolute Gasteiger partial charge is 0.311 e. The van der Waals surface area contributed by atoms with E-state index in [1.807, 2.05) is 0 Å². The molecule has 0 aliphatic carbocycles. The first-order valence-electron chi connectivity index (χ1n) is 7.69. The zero-order valence-corrected chi connectivity index (χ0v) is 12.4. The van der Waals surface area contributed by atoms with Crippen LogP contribution in [-0.4, -0.2) is 29.5 Å². The molecule has 0 aromatic carbocycles. The first-order valence-corrected chi connectivity index (χ1v) is 7.69. The van der Waals surface area contributed by atoms with E-state index in [0.29, 0.717) is 0 Å². The molecule has 0 amide bonds. The third-order valence-electron chi connectivity index (χ3n) is 3.87. The van der Waals surface area contributed by atoms with Crippen molar-refractivity contribution in [2.45, 2.75) is 46.2 Å². The van der Waals surface area contributed by atoms with Crippen LogP contribution in [0.4, 0.5) is 0 Å². The molecule has 0 bridgehead atoms. The van der Waals surface area contributed by atoms with Gasteiger partial charge in [-0.1, -0.05) is 26.3 Å². The fourth-order valence-corrected chi connectivity index (χ4v) is 2.90. The van der Waals surface area contributed by atoms with Crippen LogP contribution in [-0.2, 0) is 13.1 Å². The Bertz CT molecular complexity index is 378. The van der Waals surface area contributed by atoms with Gasteiger partial charge in [-0.15, -0.1) is 0 Å². The molecule has 1 aliphatic heterocycles. The summed E-state index contributed by atoms with van der Waals surface area (Å²) >= 11 is 0. The van der Waals surface area contributed by atoms with E-state index in [2.05, 4.69) is 42.3 Å². The van der Waals surface area contributed by atoms with Crippen molar-refractivity contribution < 1.29 is 0 Å². The second-order valence-electron chi connectivity index (χ2n) is 5.58. The molecule has 1 atom stereocenters. The molecule has 1 aliphatic rings. The van der Waals surface area contributed by atoms with Crippen LogP contribution in [0.3, 0.4) is 0 Å². The van der Waals surface area contributed by atoms with E-state index in [4.69, 9.17) is 4.98 Å². The molecular weight excluding hydrogens is 234 g/mol. The molecule has 1 saturated heterocycles. The smallest absolute Gasteiger partial charge is 0.0547 e. The number of nitrogens with one attached hydrogen (secondary N) is 1. The highest BCUT2D eigenvalue weighted by Gasteiger charge is 2.21. The summed E-state index contributed by atoms with van der Waals surface area (Å²) in [4.78, 5) is 7.30. The van der Waals surface area contributed by atoms with Crippen LogP contribution in [0.2, 0.25) is 0 Å². The molecule has 2 rings (SSSR count). The van der Waals surface area contributed by atoms with E-state index < -0.39 is 0 Å². The van der Waals surface area contributed by atoms with Gasteiger partial charge in [0.1, 0.15) is 0 Å². The molecule has 1 fully saturated rings. The van der Waals surface area contributed by atoms with Gasteiger partial charge in [0, 0.05) is 19.6 Å². The van der Waals surface area contributed by atoms with Crippen molar-refractivity contribution in [1.29, 1.82) is 0 Å². The minimum absolute atomic E-state index is 0.878. The SMILES string of the molecule is CCCC1CCN(Cc2cccc(CNCC)n2)C1. The van der Waals surface area contributed by atoms with Crippen molar-refractivity contribution in [3.63, 3.8) is 0 Å². The van der Waals surface area contributed by atoms with Gasteiger partial charge in [-0.25, -0.2) is 0 Å². The van der Waals surface area contributed by atoms with Crippen LogP contribution < -0.4 is 5.32 Å². The topological polar surface area (TPSA) is 28.2 Å². The van der Waals surface area contributed by atoms with Crippen LogP contribution in [0.1, 0.15) is 44.5 Å². The van der Waals surface area contributed by atoms with Crippen LogP contribution in [0.5, 0.6) is 0 Å². The van der Waals surface area contributed by atoms with Crippen LogP contribution in [0.25, 0.3) is 0 Å². The van der Waals surface area contributed by atoms with Crippen LogP contribution >= 0.6 is 0 Å². The number of pyridine rings is 1. The van der Waals surface area contributed by atoms with Gasteiger partial charge in [-0.2, -0.15) is 0 Å². The van der Waals surface area contributed by atoms with E-state index >= 15 is 0 Å². The highest BCUT2D eigenvalue weighted by molar-refractivity contribution is 5.11. The van der Waals surface area contributed by atoms with Crippen molar-refractivity contribution in [2.24, 2.45) is 5.92 Å². The predicted octanol–water partition coefficient (Wildman–Crippen LogP) is 2.81. The average molecular weight is 261 g/mol. The first kappa shape index (κ1) is 14.5. The Kier molecular flexibility index (Phi) is 5.80. The minimum Gasteiger partial charge on any atom is -0.311 e. The van der Waals surface area contributed by atoms with Gasteiger partial charge < -0.3 is 5.32 Å². The summed E-state index contributed by atoms with van der Waals surface area (Å²) in [7, 11) is 0. The van der Waals surface area contributed by atoms with Crippen molar-refractivity contribution >= 4 is 0 Å². The number of hydrogen-bond acceptors (Lipinski definition) is 3. The van der Waals surface area contributed by atoms with Crippen LogP contribution in [0, 0.1) is 5.92 Å². The maximum Gasteiger partial charge on any atom is 0.0547 e. The standard InChI is InChI=1S/C16H27N3/c1-3-6-14-9-10-19(12-14)13-16-8-5-7-15(18-16)11-17-4-2/h5,7-8,14,17H,3-4,6,9-13H2,1-2H3. The fourth-order valence-electron chi connectivity index (χ4n) is 2.90. The summed E-state index contributed by atoms with van der Waals surface area (Å²) in [6, 6.07) is 6.40. The Balaban J connectivity index is 1.85. The zero-order chi connectivity index (χ0) is 13.5. The Hall–Kier alpha value is -0.930.